The van der Waals surface area contributed by atoms with Gasteiger partial charge >= 0.3 is 5.91 Å². The number of furan rings is 1. The van der Waals surface area contributed by atoms with Crippen molar-refractivity contribution in [2.24, 2.45) is 0 Å². The lowest BCUT2D eigenvalue weighted by molar-refractivity contribution is -0.123. The summed E-state index contributed by atoms with van der Waals surface area (Å²) in [6.07, 6.45) is 0. The van der Waals surface area contributed by atoms with Crippen LogP contribution in [-0.4, -0.2) is 11.8 Å². The monoisotopic (exact) mass is 400 g/mol. The first kappa shape index (κ1) is 20.1. The van der Waals surface area contributed by atoms with Crippen LogP contribution in [0.4, 0.5) is 8.78 Å². The number of rotatable bonds is 6. The van der Waals surface area contributed by atoms with E-state index in [1.54, 1.807) is 18.2 Å². The number of halogens is 2. The van der Waals surface area contributed by atoms with E-state index in [1.165, 1.54) is 19.1 Å². The van der Waals surface area contributed by atoms with E-state index >= 15 is 0 Å². The standard InChI is InChI=1S/C21H18F2N2O4/c1-13(17-9-7-14(22)11-18(17)23)20(26)24-25-21(27)19-10-8-16(29-19)12-28-15-5-3-2-4-6-15/h2-11,13H,12H2,1H3,(H,24,26)(H,25,27). The lowest BCUT2D eigenvalue weighted by Gasteiger charge is -2.13. The van der Waals surface area contributed by atoms with Gasteiger partial charge in [-0.3, -0.25) is 20.4 Å². The Balaban J connectivity index is 1.52. The Morgan fingerprint density at radius 1 is 1.03 bits per heavy atom. The van der Waals surface area contributed by atoms with Gasteiger partial charge in [0.2, 0.25) is 5.91 Å². The molecule has 2 N–H and O–H groups in total. The van der Waals surface area contributed by atoms with Gasteiger partial charge in [-0.2, -0.15) is 0 Å². The molecule has 0 bridgehead atoms. The molecular weight excluding hydrogens is 382 g/mol. The Kier molecular flexibility index (Phi) is 6.23. The summed E-state index contributed by atoms with van der Waals surface area (Å²) in [5, 5.41) is 0. The fourth-order valence-electron chi connectivity index (χ4n) is 2.53. The number of carbonyl (C=O) groups is 2. The van der Waals surface area contributed by atoms with Gasteiger partial charge < -0.3 is 9.15 Å². The van der Waals surface area contributed by atoms with Crippen LogP contribution in [0.2, 0.25) is 0 Å². The Morgan fingerprint density at radius 3 is 2.52 bits per heavy atom. The zero-order chi connectivity index (χ0) is 20.8. The summed E-state index contributed by atoms with van der Waals surface area (Å²) in [4.78, 5) is 24.3. The first-order chi connectivity index (χ1) is 13.9. The van der Waals surface area contributed by atoms with Crippen LogP contribution in [-0.2, 0) is 11.4 Å². The number of ether oxygens (including phenoxy) is 1. The van der Waals surface area contributed by atoms with Crippen LogP contribution in [0.3, 0.4) is 0 Å². The van der Waals surface area contributed by atoms with Gasteiger partial charge in [0.05, 0.1) is 5.92 Å². The smallest absolute Gasteiger partial charge is 0.305 e. The number of para-hydroxylation sites is 1. The van der Waals surface area contributed by atoms with Crippen molar-refractivity contribution >= 4 is 11.8 Å². The number of nitrogens with one attached hydrogen (secondary N) is 2. The summed E-state index contributed by atoms with van der Waals surface area (Å²) in [5.41, 5.74) is 4.41. The first-order valence-corrected chi connectivity index (χ1v) is 8.75. The molecule has 0 saturated heterocycles. The Morgan fingerprint density at radius 2 is 1.79 bits per heavy atom. The maximum absolute atomic E-state index is 13.8. The Labute approximate surface area is 165 Å². The quantitative estimate of drug-likeness (QED) is 0.619. The van der Waals surface area contributed by atoms with Gasteiger partial charge in [0.1, 0.15) is 29.8 Å². The molecule has 0 aliphatic carbocycles. The average molecular weight is 400 g/mol. The van der Waals surface area contributed by atoms with Gasteiger partial charge in [0.25, 0.3) is 0 Å². The largest absolute Gasteiger partial charge is 0.486 e. The topological polar surface area (TPSA) is 80.6 Å². The Hall–Kier alpha value is -3.68. The van der Waals surface area contributed by atoms with Gasteiger partial charge in [-0.25, -0.2) is 8.78 Å². The zero-order valence-electron chi connectivity index (χ0n) is 15.4. The van der Waals surface area contributed by atoms with Gasteiger partial charge in [0.15, 0.2) is 5.76 Å². The van der Waals surface area contributed by atoms with Crippen molar-refractivity contribution in [3.8, 4) is 5.75 Å². The number of hydrogen-bond acceptors (Lipinski definition) is 4. The number of hydrogen-bond donors (Lipinski definition) is 2. The van der Waals surface area contributed by atoms with E-state index < -0.39 is 29.4 Å². The molecular formula is C21H18F2N2O4. The van der Waals surface area contributed by atoms with E-state index in [4.69, 9.17) is 9.15 Å². The van der Waals surface area contributed by atoms with Crippen LogP contribution in [0.5, 0.6) is 5.75 Å². The van der Waals surface area contributed by atoms with E-state index in [1.807, 2.05) is 18.2 Å². The highest BCUT2D eigenvalue weighted by molar-refractivity contribution is 5.93. The normalized spacial score (nSPS) is 11.6. The summed E-state index contributed by atoms with van der Waals surface area (Å²) in [6.45, 7) is 1.56. The minimum absolute atomic E-state index is 0.0106. The lowest BCUT2D eigenvalue weighted by Crippen LogP contribution is -2.43. The molecule has 6 nitrogen and oxygen atoms in total. The van der Waals surface area contributed by atoms with Gasteiger partial charge in [0, 0.05) is 11.6 Å². The third-order valence-corrected chi connectivity index (χ3v) is 4.13. The molecule has 29 heavy (non-hydrogen) atoms. The molecule has 3 aromatic rings. The molecule has 0 aliphatic rings. The minimum atomic E-state index is -0.942. The molecule has 0 fully saturated rings. The maximum atomic E-state index is 13.8. The van der Waals surface area contributed by atoms with Crippen LogP contribution in [0.25, 0.3) is 0 Å². The molecule has 0 spiro atoms. The van der Waals surface area contributed by atoms with E-state index in [2.05, 4.69) is 10.9 Å². The molecule has 2 amide bonds. The van der Waals surface area contributed by atoms with Crippen LogP contribution in [0, 0.1) is 11.6 Å². The fourth-order valence-corrected chi connectivity index (χ4v) is 2.53. The number of benzene rings is 2. The highest BCUT2D eigenvalue weighted by atomic mass is 19.1. The van der Waals surface area contributed by atoms with E-state index in [0.29, 0.717) is 17.6 Å². The number of carbonyl (C=O) groups excluding carboxylic acids is 2. The third kappa shape index (κ3) is 5.19. The molecule has 150 valence electrons. The lowest BCUT2D eigenvalue weighted by atomic mass is 10.00. The molecule has 1 aromatic heterocycles. The van der Waals surface area contributed by atoms with E-state index in [9.17, 15) is 18.4 Å². The van der Waals surface area contributed by atoms with Crippen molar-refractivity contribution in [1.82, 2.24) is 10.9 Å². The second-order valence-corrected chi connectivity index (χ2v) is 6.20. The molecule has 0 radical (unpaired) electrons. The predicted molar refractivity (Wildman–Crippen MR) is 99.9 cm³/mol. The van der Waals surface area contributed by atoms with Crippen LogP contribution >= 0.6 is 0 Å². The molecule has 3 rings (SSSR count). The van der Waals surface area contributed by atoms with Gasteiger partial charge in [-0.05, 0) is 37.3 Å². The molecule has 1 atom stereocenters. The average Bonchev–Trinajstić information content (AvgIpc) is 3.20. The van der Waals surface area contributed by atoms with Crippen molar-refractivity contribution < 1.29 is 27.5 Å². The summed E-state index contributed by atoms with van der Waals surface area (Å²) >= 11 is 0. The van der Waals surface area contributed by atoms with Crippen LogP contribution in [0.15, 0.2) is 65.1 Å². The highest BCUT2D eigenvalue weighted by Gasteiger charge is 2.20. The first-order valence-electron chi connectivity index (χ1n) is 8.75. The van der Waals surface area contributed by atoms with E-state index in [0.717, 1.165) is 6.07 Å². The van der Waals surface area contributed by atoms with Crippen molar-refractivity contribution in [3.05, 3.63) is 89.4 Å². The summed E-state index contributed by atoms with van der Waals surface area (Å²) in [6, 6.07) is 15.1. The van der Waals surface area contributed by atoms with E-state index in [-0.39, 0.29) is 17.9 Å². The number of amides is 2. The minimum Gasteiger partial charge on any atom is -0.486 e. The van der Waals surface area contributed by atoms with Crippen molar-refractivity contribution in [1.29, 1.82) is 0 Å². The third-order valence-electron chi connectivity index (χ3n) is 4.13. The molecule has 0 saturated carbocycles. The molecule has 2 aromatic carbocycles. The predicted octanol–water partition coefficient (Wildman–Crippen LogP) is 3.70. The highest BCUT2D eigenvalue weighted by Crippen LogP contribution is 2.20. The second kappa shape index (κ2) is 9.01. The van der Waals surface area contributed by atoms with Crippen molar-refractivity contribution in [2.45, 2.75) is 19.4 Å². The van der Waals surface area contributed by atoms with Crippen molar-refractivity contribution in [2.75, 3.05) is 0 Å². The van der Waals surface area contributed by atoms with Crippen LogP contribution < -0.4 is 15.6 Å². The number of hydrazine groups is 1. The SMILES string of the molecule is CC(C(=O)NNC(=O)c1ccc(COc2ccccc2)o1)c1ccc(F)cc1F. The van der Waals surface area contributed by atoms with Gasteiger partial charge in [-0.1, -0.05) is 24.3 Å². The summed E-state index contributed by atoms with van der Waals surface area (Å²) < 4.78 is 37.7. The molecule has 8 heteroatoms. The Bertz CT molecular complexity index is 1000. The molecule has 0 aliphatic heterocycles. The maximum Gasteiger partial charge on any atom is 0.305 e. The zero-order valence-corrected chi connectivity index (χ0v) is 15.4. The fraction of sp³-hybridized carbons (Fsp3) is 0.143. The van der Waals surface area contributed by atoms with Crippen LogP contribution in [0.1, 0.15) is 34.7 Å². The summed E-state index contributed by atoms with van der Waals surface area (Å²) in [7, 11) is 0. The summed E-state index contributed by atoms with van der Waals surface area (Å²) in [5.74, 6) is -2.82. The molecule has 1 unspecified atom stereocenters. The second-order valence-electron chi connectivity index (χ2n) is 6.20. The molecule has 1 heterocycles. The van der Waals surface area contributed by atoms with Crippen molar-refractivity contribution in [3.63, 3.8) is 0 Å². The van der Waals surface area contributed by atoms with Gasteiger partial charge in [-0.15, -0.1) is 0 Å².